The summed E-state index contributed by atoms with van der Waals surface area (Å²) in [6.07, 6.45) is 4.89. The molecule has 0 aliphatic carbocycles. The molecule has 5 rings (SSSR count). The second-order valence-electron chi connectivity index (χ2n) is 8.14. The van der Waals surface area contributed by atoms with Gasteiger partial charge in [-0.05, 0) is 54.1 Å². The van der Waals surface area contributed by atoms with E-state index in [1.165, 1.54) is 23.8 Å². The number of hydrogen-bond donors (Lipinski definition) is 1. The number of anilines is 2. The van der Waals surface area contributed by atoms with Crippen LogP contribution >= 0.6 is 0 Å². The largest absolute Gasteiger partial charge is 0.493 e. The van der Waals surface area contributed by atoms with E-state index in [0.717, 1.165) is 5.69 Å². The van der Waals surface area contributed by atoms with Crippen molar-refractivity contribution in [2.45, 2.75) is 0 Å². The fourth-order valence-electron chi connectivity index (χ4n) is 3.97. The molecule has 5 aromatic rings. The van der Waals surface area contributed by atoms with Crippen molar-refractivity contribution in [3.63, 3.8) is 0 Å². The Kier molecular flexibility index (Phi) is 6.42. The van der Waals surface area contributed by atoms with E-state index < -0.39 is 5.82 Å². The number of hydrogen-bond acceptors (Lipinski definition) is 7. The van der Waals surface area contributed by atoms with Crippen LogP contribution in [0.5, 0.6) is 23.0 Å². The van der Waals surface area contributed by atoms with Crippen molar-refractivity contribution in [3.05, 3.63) is 95.4 Å². The van der Waals surface area contributed by atoms with Gasteiger partial charge in [0.15, 0.2) is 23.1 Å². The lowest BCUT2D eigenvalue weighted by Crippen LogP contribution is -2.20. The van der Waals surface area contributed by atoms with E-state index in [0.29, 0.717) is 45.1 Å². The first kappa shape index (κ1) is 23.8. The molecule has 8 nitrogen and oxygen atoms in total. The average molecular weight is 499 g/mol. The van der Waals surface area contributed by atoms with Crippen molar-refractivity contribution in [2.24, 2.45) is 7.05 Å². The zero-order valence-electron chi connectivity index (χ0n) is 20.4. The van der Waals surface area contributed by atoms with Crippen LogP contribution in [0.3, 0.4) is 0 Å². The van der Waals surface area contributed by atoms with E-state index in [1.54, 1.807) is 75.2 Å². The number of ether oxygens (including phenoxy) is 3. The van der Waals surface area contributed by atoms with Gasteiger partial charge in [0, 0.05) is 36.5 Å². The number of pyridine rings is 3. The predicted molar refractivity (Wildman–Crippen MR) is 140 cm³/mol. The molecule has 0 bridgehead atoms. The maximum Gasteiger partial charge on any atom is 0.259 e. The Bertz CT molecular complexity index is 1650. The van der Waals surface area contributed by atoms with Crippen LogP contribution in [0.4, 0.5) is 15.9 Å². The molecule has 0 atom stereocenters. The summed E-state index contributed by atoms with van der Waals surface area (Å²) in [7, 11) is 4.72. The summed E-state index contributed by atoms with van der Waals surface area (Å²) < 4.78 is 33.3. The first-order valence-electron chi connectivity index (χ1n) is 11.3. The number of halogens is 1. The van der Waals surface area contributed by atoms with E-state index in [-0.39, 0.29) is 11.3 Å². The van der Waals surface area contributed by atoms with Gasteiger partial charge in [0.05, 0.1) is 31.6 Å². The third kappa shape index (κ3) is 4.66. The molecule has 0 radical (unpaired) electrons. The lowest BCUT2D eigenvalue weighted by molar-refractivity contribution is 0.355. The van der Waals surface area contributed by atoms with Crippen molar-refractivity contribution in [3.8, 4) is 34.1 Å². The minimum absolute atomic E-state index is 0.0118. The van der Waals surface area contributed by atoms with Crippen molar-refractivity contribution >= 4 is 22.4 Å². The lowest BCUT2D eigenvalue weighted by atomic mass is 10.1. The molecule has 3 aromatic heterocycles. The molecular weight excluding hydrogens is 475 g/mol. The number of aromatic nitrogens is 3. The highest BCUT2D eigenvalue weighted by molar-refractivity contribution is 5.88. The lowest BCUT2D eigenvalue weighted by Gasteiger charge is -2.14. The first-order valence-corrected chi connectivity index (χ1v) is 11.3. The SMILES string of the molecule is COc1cc2nccc(Oc3ccc(-c4ccc(Nc5cccnc5)n(C)c4=O)cc3F)c2cc1OC. The number of nitrogens with one attached hydrogen (secondary N) is 1. The van der Waals surface area contributed by atoms with Gasteiger partial charge in [-0.1, -0.05) is 6.07 Å². The summed E-state index contributed by atoms with van der Waals surface area (Å²) in [5.74, 6) is 1.41. The molecule has 9 heteroatoms. The molecular formula is C28H23FN4O4. The second kappa shape index (κ2) is 9.98. The van der Waals surface area contributed by atoms with Crippen LogP contribution in [0.15, 0.2) is 84.0 Å². The van der Waals surface area contributed by atoms with Gasteiger partial charge in [0.25, 0.3) is 5.56 Å². The van der Waals surface area contributed by atoms with Crippen molar-refractivity contribution < 1.29 is 18.6 Å². The Balaban J connectivity index is 1.45. The zero-order valence-corrected chi connectivity index (χ0v) is 20.4. The summed E-state index contributed by atoms with van der Waals surface area (Å²) in [6.45, 7) is 0. The molecule has 0 saturated heterocycles. The van der Waals surface area contributed by atoms with Crippen LogP contribution in [-0.4, -0.2) is 28.8 Å². The molecule has 1 N–H and O–H groups in total. The Morgan fingerprint density at radius 1 is 0.892 bits per heavy atom. The Labute approximate surface area is 211 Å². The van der Waals surface area contributed by atoms with E-state index >= 15 is 4.39 Å². The van der Waals surface area contributed by atoms with Crippen LogP contribution < -0.4 is 25.1 Å². The van der Waals surface area contributed by atoms with Crippen LogP contribution in [-0.2, 0) is 7.05 Å². The molecule has 0 saturated carbocycles. The fraction of sp³-hybridized carbons (Fsp3) is 0.107. The normalized spacial score (nSPS) is 10.8. The Morgan fingerprint density at radius 2 is 1.70 bits per heavy atom. The van der Waals surface area contributed by atoms with E-state index in [9.17, 15) is 4.79 Å². The highest BCUT2D eigenvalue weighted by atomic mass is 19.1. The molecule has 186 valence electrons. The number of benzene rings is 2. The third-order valence-corrected chi connectivity index (χ3v) is 5.91. The maximum atomic E-state index is 15.2. The molecule has 0 aliphatic rings. The summed E-state index contributed by atoms with van der Waals surface area (Å²) in [6, 6.07) is 16.6. The Hall–Kier alpha value is -4.92. The molecule has 0 aliphatic heterocycles. The van der Waals surface area contributed by atoms with Crippen molar-refractivity contribution in [1.29, 1.82) is 0 Å². The molecule has 3 heterocycles. The van der Waals surface area contributed by atoms with Crippen molar-refractivity contribution in [2.75, 3.05) is 19.5 Å². The topological polar surface area (TPSA) is 87.5 Å². The molecule has 0 unspecified atom stereocenters. The van der Waals surface area contributed by atoms with Gasteiger partial charge in [0.1, 0.15) is 11.6 Å². The molecule has 0 fully saturated rings. The Morgan fingerprint density at radius 3 is 2.43 bits per heavy atom. The van der Waals surface area contributed by atoms with Crippen LogP contribution in [0, 0.1) is 5.82 Å². The monoisotopic (exact) mass is 498 g/mol. The smallest absolute Gasteiger partial charge is 0.259 e. The first-order chi connectivity index (χ1) is 18.0. The van der Waals surface area contributed by atoms with Gasteiger partial charge < -0.3 is 19.5 Å². The maximum absolute atomic E-state index is 15.2. The molecule has 2 aromatic carbocycles. The quantitative estimate of drug-likeness (QED) is 0.309. The number of nitrogens with zero attached hydrogens (tertiary/aromatic N) is 3. The van der Waals surface area contributed by atoms with Crippen molar-refractivity contribution in [1.82, 2.24) is 14.5 Å². The molecule has 0 spiro atoms. The summed E-state index contributed by atoms with van der Waals surface area (Å²) in [4.78, 5) is 21.5. The van der Waals surface area contributed by atoms with E-state index in [1.807, 2.05) is 6.07 Å². The summed E-state index contributed by atoms with van der Waals surface area (Å²) >= 11 is 0. The van der Waals surface area contributed by atoms with Gasteiger partial charge in [0.2, 0.25) is 0 Å². The van der Waals surface area contributed by atoms with Crippen LogP contribution in [0.25, 0.3) is 22.0 Å². The minimum Gasteiger partial charge on any atom is -0.493 e. The average Bonchev–Trinajstić information content (AvgIpc) is 2.92. The summed E-state index contributed by atoms with van der Waals surface area (Å²) in [5, 5.41) is 3.79. The van der Waals surface area contributed by atoms with Gasteiger partial charge in [-0.2, -0.15) is 0 Å². The second-order valence-corrected chi connectivity index (χ2v) is 8.14. The summed E-state index contributed by atoms with van der Waals surface area (Å²) in [5.41, 5.74) is 1.87. The van der Waals surface area contributed by atoms with Crippen LogP contribution in [0.1, 0.15) is 0 Å². The molecule has 37 heavy (non-hydrogen) atoms. The zero-order chi connectivity index (χ0) is 25.9. The number of rotatable bonds is 7. The molecule has 0 amide bonds. The fourth-order valence-corrected chi connectivity index (χ4v) is 3.97. The highest BCUT2D eigenvalue weighted by Gasteiger charge is 2.15. The van der Waals surface area contributed by atoms with Gasteiger partial charge in [-0.3, -0.25) is 19.3 Å². The van der Waals surface area contributed by atoms with E-state index in [4.69, 9.17) is 14.2 Å². The van der Waals surface area contributed by atoms with Gasteiger partial charge >= 0.3 is 0 Å². The van der Waals surface area contributed by atoms with Gasteiger partial charge in [-0.15, -0.1) is 0 Å². The van der Waals surface area contributed by atoms with Crippen LogP contribution in [0.2, 0.25) is 0 Å². The third-order valence-electron chi connectivity index (χ3n) is 5.91. The van der Waals surface area contributed by atoms with E-state index in [2.05, 4.69) is 15.3 Å². The predicted octanol–water partition coefficient (Wildman–Crippen LogP) is 5.69. The number of methoxy groups -OCH3 is 2. The number of fused-ring (bicyclic) bond motifs is 1. The standard InChI is InChI=1S/C28H23FN4O4/c1-33-27(32-18-5-4-11-30-16-18)9-7-19(28(33)34)17-6-8-24(21(29)13-17)37-23-10-12-31-22-15-26(36-3)25(35-2)14-20(22)23/h4-16,32H,1-3H3. The van der Waals surface area contributed by atoms with Gasteiger partial charge in [-0.25, -0.2) is 4.39 Å². The minimum atomic E-state index is -0.609. The highest BCUT2D eigenvalue weighted by Crippen LogP contribution is 2.37.